The van der Waals surface area contributed by atoms with Crippen molar-refractivity contribution in [3.8, 4) is 5.75 Å². The number of amides is 1. The van der Waals surface area contributed by atoms with Crippen LogP contribution in [0.25, 0.3) is 6.08 Å². The monoisotopic (exact) mass is 445 g/mol. The van der Waals surface area contributed by atoms with Crippen molar-refractivity contribution in [1.82, 2.24) is 0 Å². The minimum Gasteiger partial charge on any atom is -0.435 e. The van der Waals surface area contributed by atoms with Crippen molar-refractivity contribution in [1.29, 1.82) is 0 Å². The van der Waals surface area contributed by atoms with Gasteiger partial charge in [0.1, 0.15) is 11.4 Å². The van der Waals surface area contributed by atoms with Gasteiger partial charge in [-0.25, -0.2) is 4.99 Å². The molecule has 1 amide bonds. The SMILES string of the molecule is CCC(C)SC1=N/C(=C/c2ccc(N(C)C)cc2)C(=O)N1c1ccc(OC(F)F)cc1. The first-order valence-electron chi connectivity index (χ1n) is 9.92. The number of hydrogen-bond donors (Lipinski definition) is 0. The van der Waals surface area contributed by atoms with E-state index in [1.807, 2.05) is 43.3 Å². The number of alkyl halides is 2. The quantitative estimate of drug-likeness (QED) is 0.518. The molecule has 0 spiro atoms. The molecule has 0 saturated carbocycles. The Balaban J connectivity index is 1.91. The van der Waals surface area contributed by atoms with Gasteiger partial charge in [-0.3, -0.25) is 9.69 Å². The Labute approximate surface area is 185 Å². The van der Waals surface area contributed by atoms with Gasteiger partial charge in [0.15, 0.2) is 5.17 Å². The van der Waals surface area contributed by atoms with Crippen LogP contribution in [-0.4, -0.2) is 37.0 Å². The van der Waals surface area contributed by atoms with Gasteiger partial charge >= 0.3 is 6.61 Å². The van der Waals surface area contributed by atoms with E-state index in [1.165, 1.54) is 28.8 Å². The lowest BCUT2D eigenvalue weighted by molar-refractivity contribution is -0.113. The van der Waals surface area contributed by atoms with Gasteiger partial charge in [0.2, 0.25) is 0 Å². The lowest BCUT2D eigenvalue weighted by Crippen LogP contribution is -2.31. The molecule has 1 heterocycles. The molecule has 31 heavy (non-hydrogen) atoms. The Morgan fingerprint density at radius 1 is 1.13 bits per heavy atom. The molecule has 2 aromatic rings. The second kappa shape index (κ2) is 9.96. The summed E-state index contributed by atoms with van der Waals surface area (Å²) < 4.78 is 29.3. The van der Waals surface area contributed by atoms with E-state index in [1.54, 1.807) is 18.2 Å². The van der Waals surface area contributed by atoms with Gasteiger partial charge in [-0.15, -0.1) is 0 Å². The fraction of sp³-hybridized carbons (Fsp3) is 0.304. The highest BCUT2D eigenvalue weighted by Crippen LogP contribution is 2.33. The summed E-state index contributed by atoms with van der Waals surface area (Å²) in [5, 5.41) is 0.826. The van der Waals surface area contributed by atoms with Crippen LogP contribution < -0.4 is 14.5 Å². The second-order valence-corrected chi connectivity index (χ2v) is 8.67. The zero-order chi connectivity index (χ0) is 22.5. The van der Waals surface area contributed by atoms with Gasteiger partial charge in [0.05, 0.1) is 5.69 Å². The minimum absolute atomic E-state index is 0.0372. The summed E-state index contributed by atoms with van der Waals surface area (Å²) in [5.41, 5.74) is 2.81. The number of carbonyl (C=O) groups is 1. The van der Waals surface area contributed by atoms with E-state index in [0.717, 1.165) is 17.7 Å². The standard InChI is InChI=1S/C23H25F2N3O2S/c1-5-15(2)31-23-26-20(14-16-6-8-17(9-7-16)27(3)4)21(29)28(23)18-10-12-19(13-11-18)30-22(24)25/h6-15,22H,5H2,1-4H3/b20-14+. The normalized spacial score (nSPS) is 16.1. The zero-order valence-electron chi connectivity index (χ0n) is 17.9. The maximum Gasteiger partial charge on any atom is 0.387 e. The van der Waals surface area contributed by atoms with Crippen LogP contribution in [-0.2, 0) is 4.79 Å². The molecule has 0 radical (unpaired) electrons. The number of amidine groups is 1. The van der Waals surface area contributed by atoms with Gasteiger partial charge in [-0.1, -0.05) is 37.7 Å². The maximum atomic E-state index is 13.2. The molecule has 0 saturated heterocycles. The van der Waals surface area contributed by atoms with Gasteiger partial charge in [0, 0.05) is 25.0 Å². The molecular formula is C23H25F2N3O2S. The molecule has 2 aromatic carbocycles. The van der Waals surface area contributed by atoms with Gasteiger partial charge in [0.25, 0.3) is 5.91 Å². The summed E-state index contributed by atoms with van der Waals surface area (Å²) in [6.07, 6.45) is 2.67. The third-order valence-electron chi connectivity index (χ3n) is 4.74. The highest BCUT2D eigenvalue weighted by molar-refractivity contribution is 8.14. The molecule has 1 unspecified atom stereocenters. The van der Waals surface area contributed by atoms with Crippen LogP contribution in [0.3, 0.4) is 0 Å². The number of ether oxygens (including phenoxy) is 1. The van der Waals surface area contributed by atoms with Crippen molar-refractivity contribution in [3.63, 3.8) is 0 Å². The van der Waals surface area contributed by atoms with Crippen LogP contribution in [0.15, 0.2) is 59.2 Å². The van der Waals surface area contributed by atoms with Crippen molar-refractivity contribution in [2.45, 2.75) is 32.1 Å². The van der Waals surface area contributed by atoms with Crippen LogP contribution in [0.4, 0.5) is 20.2 Å². The van der Waals surface area contributed by atoms with Crippen molar-refractivity contribution in [2.75, 3.05) is 23.9 Å². The molecule has 0 aliphatic carbocycles. The first-order chi connectivity index (χ1) is 14.8. The Hall–Kier alpha value is -2.87. The second-order valence-electron chi connectivity index (χ2n) is 7.26. The molecule has 0 N–H and O–H groups in total. The molecule has 1 aliphatic rings. The Kier molecular flexibility index (Phi) is 7.33. The van der Waals surface area contributed by atoms with E-state index < -0.39 is 6.61 Å². The number of carbonyl (C=O) groups excluding carboxylic acids is 1. The molecule has 3 rings (SSSR count). The van der Waals surface area contributed by atoms with Crippen molar-refractivity contribution < 1.29 is 18.3 Å². The number of hydrogen-bond acceptors (Lipinski definition) is 5. The molecule has 1 aliphatic heterocycles. The smallest absolute Gasteiger partial charge is 0.387 e. The van der Waals surface area contributed by atoms with E-state index in [-0.39, 0.29) is 16.9 Å². The van der Waals surface area contributed by atoms with E-state index in [9.17, 15) is 13.6 Å². The fourth-order valence-electron chi connectivity index (χ4n) is 2.87. The summed E-state index contributed by atoms with van der Waals surface area (Å²) >= 11 is 1.51. The Morgan fingerprint density at radius 2 is 1.77 bits per heavy atom. The number of benzene rings is 2. The Morgan fingerprint density at radius 3 is 2.32 bits per heavy atom. The molecule has 5 nitrogen and oxygen atoms in total. The van der Waals surface area contributed by atoms with Crippen LogP contribution in [0.1, 0.15) is 25.8 Å². The number of aliphatic imine (C=N–C) groups is 1. The van der Waals surface area contributed by atoms with E-state index in [4.69, 9.17) is 0 Å². The first kappa shape index (κ1) is 22.8. The van der Waals surface area contributed by atoms with Crippen LogP contribution in [0, 0.1) is 0 Å². The predicted molar refractivity (Wildman–Crippen MR) is 124 cm³/mol. The highest BCUT2D eigenvalue weighted by atomic mass is 32.2. The third kappa shape index (κ3) is 5.64. The molecule has 8 heteroatoms. The maximum absolute atomic E-state index is 13.2. The number of halogens is 2. The summed E-state index contributed by atoms with van der Waals surface area (Å²) in [6.45, 7) is 1.24. The molecule has 164 valence electrons. The van der Waals surface area contributed by atoms with Gasteiger partial charge in [-0.05, 0) is 54.5 Å². The Bertz CT molecular complexity index is 973. The van der Waals surface area contributed by atoms with Gasteiger partial charge in [-0.2, -0.15) is 8.78 Å². The highest BCUT2D eigenvalue weighted by Gasteiger charge is 2.32. The number of thioether (sulfide) groups is 1. The number of anilines is 2. The lowest BCUT2D eigenvalue weighted by Gasteiger charge is -2.20. The average Bonchev–Trinajstić information content (AvgIpc) is 3.03. The molecular weight excluding hydrogens is 420 g/mol. The summed E-state index contributed by atoms with van der Waals surface area (Å²) in [6, 6.07) is 13.8. The van der Waals surface area contributed by atoms with E-state index in [0.29, 0.717) is 16.6 Å². The largest absolute Gasteiger partial charge is 0.435 e. The summed E-state index contributed by atoms with van der Waals surface area (Å²) in [4.78, 5) is 21.3. The predicted octanol–water partition coefficient (Wildman–Crippen LogP) is 5.63. The number of rotatable bonds is 7. The van der Waals surface area contributed by atoms with E-state index in [2.05, 4.69) is 23.6 Å². The summed E-state index contributed by atoms with van der Waals surface area (Å²) in [7, 11) is 3.93. The first-order valence-corrected chi connectivity index (χ1v) is 10.8. The van der Waals surface area contributed by atoms with Crippen molar-refractivity contribution >= 4 is 40.3 Å². The van der Waals surface area contributed by atoms with Crippen LogP contribution >= 0.6 is 11.8 Å². The van der Waals surface area contributed by atoms with Gasteiger partial charge < -0.3 is 9.64 Å². The number of nitrogens with zero attached hydrogens (tertiary/aromatic N) is 3. The van der Waals surface area contributed by atoms with Crippen molar-refractivity contribution in [2.24, 2.45) is 4.99 Å². The molecule has 1 atom stereocenters. The third-order valence-corrected chi connectivity index (χ3v) is 5.96. The minimum atomic E-state index is -2.90. The van der Waals surface area contributed by atoms with Crippen molar-refractivity contribution in [3.05, 3.63) is 59.8 Å². The lowest BCUT2D eigenvalue weighted by atomic mass is 10.1. The topological polar surface area (TPSA) is 45.1 Å². The van der Waals surface area contributed by atoms with E-state index >= 15 is 0 Å². The molecule has 0 fully saturated rings. The zero-order valence-corrected chi connectivity index (χ0v) is 18.7. The fourth-order valence-corrected chi connectivity index (χ4v) is 3.84. The van der Waals surface area contributed by atoms with Crippen LogP contribution in [0.5, 0.6) is 5.75 Å². The summed E-state index contributed by atoms with van der Waals surface area (Å²) in [5.74, 6) is -0.222. The van der Waals surface area contributed by atoms with Crippen LogP contribution in [0.2, 0.25) is 0 Å². The average molecular weight is 446 g/mol. The molecule has 0 aromatic heterocycles. The molecule has 0 bridgehead atoms.